The Balaban J connectivity index is 1.40. The molecule has 3 rings (SSSR count). The summed E-state index contributed by atoms with van der Waals surface area (Å²) >= 11 is 0. The van der Waals surface area contributed by atoms with E-state index >= 15 is 0 Å². The molecule has 8 nitrogen and oxygen atoms in total. The van der Waals surface area contributed by atoms with Crippen molar-refractivity contribution in [2.45, 2.75) is 64.7 Å². The van der Waals surface area contributed by atoms with Crippen LogP contribution in [0.25, 0.3) is 0 Å². The van der Waals surface area contributed by atoms with Crippen LogP contribution >= 0.6 is 0 Å². The summed E-state index contributed by atoms with van der Waals surface area (Å²) in [5.41, 5.74) is 0.413. The third-order valence-electron chi connectivity index (χ3n) is 5.83. The van der Waals surface area contributed by atoms with Gasteiger partial charge >= 0.3 is 12.2 Å². The Labute approximate surface area is 190 Å². The van der Waals surface area contributed by atoms with E-state index in [0.717, 1.165) is 24.8 Å². The maximum atomic E-state index is 12.8. The van der Waals surface area contributed by atoms with Gasteiger partial charge in [-0.15, -0.1) is 0 Å². The van der Waals surface area contributed by atoms with Gasteiger partial charge in [-0.1, -0.05) is 30.3 Å². The summed E-state index contributed by atoms with van der Waals surface area (Å²) in [6.45, 7) is 8.09. The van der Waals surface area contributed by atoms with Crippen LogP contribution in [0.5, 0.6) is 0 Å². The Morgan fingerprint density at radius 3 is 2.34 bits per heavy atom. The van der Waals surface area contributed by atoms with E-state index in [1.165, 1.54) is 4.90 Å². The van der Waals surface area contributed by atoms with E-state index < -0.39 is 17.7 Å². The van der Waals surface area contributed by atoms with Crippen LogP contribution in [0.2, 0.25) is 0 Å². The van der Waals surface area contributed by atoms with E-state index in [-0.39, 0.29) is 18.6 Å². The first kappa shape index (κ1) is 23.9. The molecule has 2 saturated heterocycles. The van der Waals surface area contributed by atoms with Gasteiger partial charge < -0.3 is 19.7 Å². The predicted octanol–water partition coefficient (Wildman–Crippen LogP) is 3.55. The number of hydrogen-bond acceptors (Lipinski definition) is 5. The lowest BCUT2D eigenvalue weighted by molar-refractivity contribution is -0.125. The highest BCUT2D eigenvalue weighted by atomic mass is 16.6. The molecule has 2 fully saturated rings. The molecule has 0 spiro atoms. The standard InChI is InChI=1S/C24H35N3O5/c1-24(2,3)32-22(29)26-14-11-18(12-15-26)16-25-21(28)20-10-7-13-27(20)23(30)31-17-19-8-5-4-6-9-19/h4-6,8-9,18,20H,7,10-17H2,1-3H3,(H,25,28)/t20-/m0/s1. The highest BCUT2D eigenvalue weighted by molar-refractivity contribution is 5.86. The molecular weight excluding hydrogens is 410 g/mol. The minimum absolute atomic E-state index is 0.131. The monoisotopic (exact) mass is 445 g/mol. The van der Waals surface area contributed by atoms with Gasteiger partial charge in [-0.25, -0.2) is 9.59 Å². The lowest BCUT2D eigenvalue weighted by Crippen LogP contribution is -2.48. The molecule has 0 unspecified atom stereocenters. The summed E-state index contributed by atoms with van der Waals surface area (Å²) in [5.74, 6) is 0.172. The van der Waals surface area contributed by atoms with Crippen molar-refractivity contribution >= 4 is 18.1 Å². The number of carbonyl (C=O) groups is 3. The van der Waals surface area contributed by atoms with Crippen molar-refractivity contribution < 1.29 is 23.9 Å². The average molecular weight is 446 g/mol. The molecule has 176 valence electrons. The quantitative estimate of drug-likeness (QED) is 0.749. The second-order valence-corrected chi connectivity index (χ2v) is 9.55. The second kappa shape index (κ2) is 10.7. The molecule has 1 aromatic carbocycles. The molecular formula is C24H35N3O5. The minimum Gasteiger partial charge on any atom is -0.445 e. The summed E-state index contributed by atoms with van der Waals surface area (Å²) in [5, 5.41) is 3.01. The number of likely N-dealkylation sites (tertiary alicyclic amines) is 2. The van der Waals surface area contributed by atoms with Crippen LogP contribution in [-0.4, -0.2) is 65.7 Å². The van der Waals surface area contributed by atoms with E-state index in [1.54, 1.807) is 4.90 Å². The molecule has 0 radical (unpaired) electrons. The first-order valence-corrected chi connectivity index (χ1v) is 11.5. The Morgan fingerprint density at radius 1 is 1.00 bits per heavy atom. The van der Waals surface area contributed by atoms with Crippen molar-refractivity contribution in [1.29, 1.82) is 0 Å². The van der Waals surface area contributed by atoms with Crippen LogP contribution in [0.1, 0.15) is 52.0 Å². The summed E-state index contributed by atoms with van der Waals surface area (Å²) in [4.78, 5) is 40.7. The molecule has 2 aliphatic heterocycles. The summed E-state index contributed by atoms with van der Waals surface area (Å²) < 4.78 is 10.8. The molecule has 1 atom stereocenters. The van der Waals surface area contributed by atoms with Crippen molar-refractivity contribution in [3.8, 4) is 0 Å². The highest BCUT2D eigenvalue weighted by Gasteiger charge is 2.35. The zero-order chi connectivity index (χ0) is 23.1. The van der Waals surface area contributed by atoms with Crippen molar-refractivity contribution in [3.63, 3.8) is 0 Å². The molecule has 3 amide bonds. The molecule has 8 heteroatoms. The molecule has 2 aliphatic rings. The smallest absolute Gasteiger partial charge is 0.410 e. The fraction of sp³-hybridized carbons (Fsp3) is 0.625. The van der Waals surface area contributed by atoms with Crippen LogP contribution in [0.15, 0.2) is 30.3 Å². The Bertz CT molecular complexity index is 785. The minimum atomic E-state index is -0.503. The summed E-state index contributed by atoms with van der Waals surface area (Å²) in [6.07, 6.45) is 2.32. The fourth-order valence-corrected chi connectivity index (χ4v) is 4.07. The van der Waals surface area contributed by atoms with Gasteiger partial charge in [0.25, 0.3) is 0 Å². The highest BCUT2D eigenvalue weighted by Crippen LogP contribution is 2.21. The summed E-state index contributed by atoms with van der Waals surface area (Å²) in [7, 11) is 0. The zero-order valence-electron chi connectivity index (χ0n) is 19.3. The van der Waals surface area contributed by atoms with Crippen LogP contribution in [-0.2, 0) is 20.9 Å². The van der Waals surface area contributed by atoms with E-state index in [2.05, 4.69) is 5.32 Å². The van der Waals surface area contributed by atoms with Crippen LogP contribution < -0.4 is 5.32 Å². The Hall–Kier alpha value is -2.77. The van der Waals surface area contributed by atoms with Gasteiger partial charge in [0.2, 0.25) is 5.91 Å². The van der Waals surface area contributed by atoms with E-state index in [0.29, 0.717) is 38.5 Å². The average Bonchev–Trinajstić information content (AvgIpc) is 3.26. The number of amides is 3. The van der Waals surface area contributed by atoms with Gasteiger partial charge in [0.15, 0.2) is 0 Å². The molecule has 1 aromatic rings. The van der Waals surface area contributed by atoms with Gasteiger partial charge in [0, 0.05) is 26.2 Å². The number of ether oxygens (including phenoxy) is 2. The van der Waals surface area contributed by atoms with Gasteiger partial charge in [-0.2, -0.15) is 0 Å². The Kier molecular flexibility index (Phi) is 7.99. The number of nitrogens with zero attached hydrogens (tertiary/aromatic N) is 2. The SMILES string of the molecule is CC(C)(C)OC(=O)N1CCC(CNC(=O)[C@@H]2CCCN2C(=O)OCc2ccccc2)CC1. The normalized spacial score (nSPS) is 19.5. The predicted molar refractivity (Wildman–Crippen MR) is 120 cm³/mol. The Morgan fingerprint density at radius 2 is 1.69 bits per heavy atom. The van der Waals surface area contributed by atoms with Crippen molar-refractivity contribution in [3.05, 3.63) is 35.9 Å². The largest absolute Gasteiger partial charge is 0.445 e. The maximum absolute atomic E-state index is 12.8. The fourth-order valence-electron chi connectivity index (χ4n) is 4.07. The van der Waals surface area contributed by atoms with Crippen molar-refractivity contribution in [1.82, 2.24) is 15.1 Å². The van der Waals surface area contributed by atoms with E-state index in [4.69, 9.17) is 9.47 Å². The molecule has 0 aliphatic carbocycles. The lowest BCUT2D eigenvalue weighted by Gasteiger charge is -2.33. The van der Waals surface area contributed by atoms with Gasteiger partial charge in [0.05, 0.1) is 0 Å². The van der Waals surface area contributed by atoms with Crippen LogP contribution in [0, 0.1) is 5.92 Å². The second-order valence-electron chi connectivity index (χ2n) is 9.55. The zero-order valence-corrected chi connectivity index (χ0v) is 19.3. The maximum Gasteiger partial charge on any atom is 0.410 e. The number of piperidine rings is 1. The molecule has 2 heterocycles. The first-order chi connectivity index (χ1) is 15.2. The molecule has 0 bridgehead atoms. The summed E-state index contributed by atoms with van der Waals surface area (Å²) in [6, 6.07) is 9.01. The third-order valence-corrected chi connectivity index (χ3v) is 5.83. The van der Waals surface area contributed by atoms with Gasteiger partial charge in [0.1, 0.15) is 18.2 Å². The third kappa shape index (κ3) is 6.87. The van der Waals surface area contributed by atoms with Gasteiger partial charge in [-0.3, -0.25) is 9.69 Å². The van der Waals surface area contributed by atoms with Crippen LogP contribution in [0.4, 0.5) is 9.59 Å². The molecule has 0 aromatic heterocycles. The van der Waals surface area contributed by atoms with E-state index in [9.17, 15) is 14.4 Å². The van der Waals surface area contributed by atoms with Gasteiger partial charge in [-0.05, 0) is 57.9 Å². The molecule has 32 heavy (non-hydrogen) atoms. The topological polar surface area (TPSA) is 88.2 Å². The number of rotatable bonds is 5. The molecule has 0 saturated carbocycles. The number of carbonyl (C=O) groups excluding carboxylic acids is 3. The number of hydrogen-bond donors (Lipinski definition) is 1. The lowest BCUT2D eigenvalue weighted by atomic mass is 9.97. The first-order valence-electron chi connectivity index (χ1n) is 11.5. The van der Waals surface area contributed by atoms with Crippen molar-refractivity contribution in [2.75, 3.05) is 26.2 Å². The molecule has 1 N–H and O–H groups in total. The van der Waals surface area contributed by atoms with Crippen LogP contribution in [0.3, 0.4) is 0 Å². The number of nitrogens with one attached hydrogen (secondary N) is 1. The van der Waals surface area contributed by atoms with E-state index in [1.807, 2.05) is 51.1 Å². The number of benzene rings is 1. The van der Waals surface area contributed by atoms with Crippen molar-refractivity contribution in [2.24, 2.45) is 5.92 Å².